The topological polar surface area (TPSA) is 87.7 Å². The molecule has 0 aromatic heterocycles. The molecule has 144 valence electrons. The first-order valence-electron chi connectivity index (χ1n) is 9.00. The lowest BCUT2D eigenvalue weighted by Gasteiger charge is -2.20. The van der Waals surface area contributed by atoms with Crippen molar-refractivity contribution in [1.29, 1.82) is 0 Å². The van der Waals surface area contributed by atoms with Gasteiger partial charge in [0.15, 0.2) is 0 Å². The second-order valence-electron chi connectivity index (χ2n) is 7.33. The molecule has 7 nitrogen and oxygen atoms in total. The second-order valence-corrected chi connectivity index (χ2v) is 9.04. The molecular formula is C18H27N3O4S. The molecule has 1 aliphatic heterocycles. The van der Waals surface area contributed by atoms with E-state index in [1.807, 2.05) is 0 Å². The summed E-state index contributed by atoms with van der Waals surface area (Å²) in [6.07, 6.45) is 1.77. The number of hydrogen-bond donors (Lipinski definition) is 2. The maximum absolute atomic E-state index is 12.8. The van der Waals surface area contributed by atoms with Crippen LogP contribution in [0.5, 0.6) is 0 Å². The fourth-order valence-corrected chi connectivity index (χ4v) is 4.45. The van der Waals surface area contributed by atoms with E-state index in [2.05, 4.69) is 28.8 Å². The summed E-state index contributed by atoms with van der Waals surface area (Å²) in [7, 11) is -2.15. The monoisotopic (exact) mass is 381 g/mol. The van der Waals surface area contributed by atoms with Crippen molar-refractivity contribution in [3.05, 3.63) is 29.8 Å². The van der Waals surface area contributed by atoms with Crippen LogP contribution >= 0.6 is 0 Å². The lowest BCUT2D eigenvalue weighted by molar-refractivity contribution is 0.0920. The number of benzene rings is 1. The Kier molecular flexibility index (Phi) is 5.67. The van der Waals surface area contributed by atoms with Gasteiger partial charge in [-0.1, -0.05) is 6.07 Å². The van der Waals surface area contributed by atoms with Gasteiger partial charge in [0.05, 0.1) is 17.0 Å². The molecular weight excluding hydrogens is 354 g/mol. The Morgan fingerprint density at radius 3 is 2.62 bits per heavy atom. The molecule has 1 saturated heterocycles. The van der Waals surface area contributed by atoms with Crippen molar-refractivity contribution in [3.63, 3.8) is 0 Å². The summed E-state index contributed by atoms with van der Waals surface area (Å²) < 4.78 is 33.9. The minimum atomic E-state index is -3.74. The number of hydrogen-bond acceptors (Lipinski definition) is 5. The van der Waals surface area contributed by atoms with E-state index in [1.54, 1.807) is 19.2 Å². The third-order valence-corrected chi connectivity index (χ3v) is 6.44. The van der Waals surface area contributed by atoms with Crippen molar-refractivity contribution in [2.45, 2.75) is 55.8 Å². The summed E-state index contributed by atoms with van der Waals surface area (Å²) >= 11 is 0. The highest BCUT2D eigenvalue weighted by Gasteiger charge is 2.37. The van der Waals surface area contributed by atoms with Gasteiger partial charge < -0.3 is 10.1 Å². The minimum absolute atomic E-state index is 0.0961. The van der Waals surface area contributed by atoms with Gasteiger partial charge in [0.25, 0.3) is 5.91 Å². The molecule has 2 aliphatic rings. The average Bonchev–Trinajstić information content (AvgIpc) is 3.32. The number of ether oxygens (including phenoxy) is 1. The standard InChI is InChI=1S/C18H27N3O4S/c1-12(2)21-10-16(17(11-21)25-3)20-26(23,24)15-6-4-5-13(9-15)18(22)19-14-7-8-14/h4-6,9,12,14,16-17,20H,7-8,10-11H2,1-3H3,(H,19,22). The van der Waals surface area contributed by atoms with E-state index in [4.69, 9.17) is 4.74 Å². The average molecular weight is 381 g/mol. The molecule has 1 aromatic rings. The first kappa shape index (κ1) is 19.3. The molecule has 2 N–H and O–H groups in total. The molecule has 2 unspecified atom stereocenters. The van der Waals surface area contributed by atoms with Crippen molar-refractivity contribution in [1.82, 2.24) is 14.9 Å². The molecule has 1 aromatic carbocycles. The summed E-state index contributed by atoms with van der Waals surface area (Å²) in [5, 5.41) is 2.88. The van der Waals surface area contributed by atoms with Gasteiger partial charge in [0, 0.05) is 37.8 Å². The normalized spacial score (nSPS) is 24.2. The summed E-state index contributed by atoms with van der Waals surface area (Å²) in [4.78, 5) is 14.5. The zero-order valence-corrected chi connectivity index (χ0v) is 16.3. The Balaban J connectivity index is 1.74. The molecule has 0 spiro atoms. The van der Waals surface area contributed by atoms with E-state index in [1.165, 1.54) is 12.1 Å². The zero-order chi connectivity index (χ0) is 18.9. The molecule has 2 fully saturated rings. The van der Waals surface area contributed by atoms with Gasteiger partial charge in [-0.2, -0.15) is 0 Å². The van der Waals surface area contributed by atoms with Crippen molar-refractivity contribution in [2.24, 2.45) is 0 Å². The van der Waals surface area contributed by atoms with Gasteiger partial charge in [0.1, 0.15) is 0 Å². The highest BCUT2D eigenvalue weighted by Crippen LogP contribution is 2.21. The van der Waals surface area contributed by atoms with E-state index >= 15 is 0 Å². The van der Waals surface area contributed by atoms with Crippen molar-refractivity contribution >= 4 is 15.9 Å². The first-order chi connectivity index (χ1) is 12.3. The third-order valence-electron chi connectivity index (χ3n) is 4.95. The number of sulfonamides is 1. The minimum Gasteiger partial charge on any atom is -0.378 e. The molecule has 2 atom stereocenters. The summed E-state index contributed by atoms with van der Waals surface area (Å²) in [5.74, 6) is -0.230. The number of likely N-dealkylation sites (tertiary alicyclic amines) is 1. The second kappa shape index (κ2) is 7.64. The number of rotatable bonds is 7. The van der Waals surface area contributed by atoms with Crippen LogP contribution in [0.15, 0.2) is 29.2 Å². The molecule has 3 rings (SSSR count). The molecule has 0 radical (unpaired) electrons. The van der Waals surface area contributed by atoms with Crippen molar-refractivity contribution in [3.8, 4) is 0 Å². The van der Waals surface area contributed by atoms with Crippen LogP contribution in [0.2, 0.25) is 0 Å². The van der Waals surface area contributed by atoms with Crippen LogP contribution in [0.1, 0.15) is 37.0 Å². The lowest BCUT2D eigenvalue weighted by atomic mass is 10.2. The highest BCUT2D eigenvalue weighted by molar-refractivity contribution is 7.89. The Morgan fingerprint density at radius 1 is 1.27 bits per heavy atom. The molecule has 1 aliphatic carbocycles. The van der Waals surface area contributed by atoms with E-state index in [0.29, 0.717) is 24.7 Å². The third kappa shape index (κ3) is 4.43. The van der Waals surface area contributed by atoms with Crippen LogP contribution in [0, 0.1) is 0 Å². The predicted molar refractivity (Wildman–Crippen MR) is 98.5 cm³/mol. The number of carbonyl (C=O) groups is 1. The number of amides is 1. The number of methoxy groups -OCH3 is 1. The number of carbonyl (C=O) groups excluding carboxylic acids is 1. The zero-order valence-electron chi connectivity index (χ0n) is 15.4. The van der Waals surface area contributed by atoms with Gasteiger partial charge in [0.2, 0.25) is 10.0 Å². The van der Waals surface area contributed by atoms with Crippen LogP contribution < -0.4 is 10.0 Å². The van der Waals surface area contributed by atoms with Crippen LogP contribution in [-0.2, 0) is 14.8 Å². The molecule has 0 bridgehead atoms. The van der Waals surface area contributed by atoms with E-state index in [0.717, 1.165) is 12.8 Å². The highest BCUT2D eigenvalue weighted by atomic mass is 32.2. The molecule has 1 heterocycles. The number of nitrogens with one attached hydrogen (secondary N) is 2. The van der Waals surface area contributed by atoms with Crippen molar-refractivity contribution < 1.29 is 17.9 Å². The molecule has 1 amide bonds. The lowest BCUT2D eigenvalue weighted by Crippen LogP contribution is -2.43. The Hall–Kier alpha value is -1.48. The van der Waals surface area contributed by atoms with Gasteiger partial charge in [-0.05, 0) is 44.9 Å². The van der Waals surface area contributed by atoms with E-state index in [9.17, 15) is 13.2 Å². The Morgan fingerprint density at radius 2 is 2.00 bits per heavy atom. The maximum atomic E-state index is 12.8. The summed E-state index contributed by atoms with van der Waals surface area (Å²) in [6.45, 7) is 5.43. The van der Waals surface area contributed by atoms with Gasteiger partial charge in [-0.15, -0.1) is 0 Å². The smallest absolute Gasteiger partial charge is 0.251 e. The molecule has 1 saturated carbocycles. The van der Waals surface area contributed by atoms with Crippen LogP contribution in [-0.4, -0.2) is 63.7 Å². The quantitative estimate of drug-likeness (QED) is 0.735. The first-order valence-corrected chi connectivity index (χ1v) is 10.5. The number of nitrogens with zero attached hydrogens (tertiary/aromatic N) is 1. The summed E-state index contributed by atoms with van der Waals surface area (Å²) in [6, 6.07) is 6.38. The van der Waals surface area contributed by atoms with Crippen LogP contribution in [0.25, 0.3) is 0 Å². The summed E-state index contributed by atoms with van der Waals surface area (Å²) in [5.41, 5.74) is 0.360. The SMILES string of the molecule is COC1CN(C(C)C)CC1NS(=O)(=O)c1cccc(C(=O)NC2CC2)c1. The molecule has 8 heteroatoms. The van der Waals surface area contributed by atoms with Gasteiger partial charge in [-0.3, -0.25) is 9.69 Å². The fourth-order valence-electron chi connectivity index (χ4n) is 3.14. The van der Waals surface area contributed by atoms with Gasteiger partial charge in [-0.25, -0.2) is 13.1 Å². The van der Waals surface area contributed by atoms with Crippen molar-refractivity contribution in [2.75, 3.05) is 20.2 Å². The van der Waals surface area contributed by atoms with Gasteiger partial charge >= 0.3 is 0 Å². The maximum Gasteiger partial charge on any atom is 0.251 e. The predicted octanol–water partition coefficient (Wildman–Crippen LogP) is 0.965. The van der Waals surface area contributed by atoms with Crippen LogP contribution in [0.3, 0.4) is 0 Å². The Labute approximate surface area is 155 Å². The largest absolute Gasteiger partial charge is 0.378 e. The van der Waals surface area contributed by atoms with E-state index < -0.39 is 10.0 Å². The molecule has 26 heavy (non-hydrogen) atoms. The Bertz CT molecular complexity index is 761. The van der Waals surface area contributed by atoms with E-state index in [-0.39, 0.29) is 29.0 Å². The fraction of sp³-hybridized carbons (Fsp3) is 0.611. The van der Waals surface area contributed by atoms with Crippen LogP contribution in [0.4, 0.5) is 0 Å².